The number of benzene rings is 1. The average molecular weight is 386 g/mol. The summed E-state index contributed by atoms with van der Waals surface area (Å²) in [6.07, 6.45) is 1.44. The highest BCUT2D eigenvalue weighted by Crippen LogP contribution is 2.18. The SMILES string of the molecule is Cc1ccc(C(=O)NS(=O)(=O)/C=C/c2ccsc2)c(Br)c1. The fourth-order valence-electron chi connectivity index (χ4n) is 1.56. The maximum absolute atomic E-state index is 12.0. The smallest absolute Gasteiger partial charge is 0.266 e. The van der Waals surface area contributed by atoms with E-state index < -0.39 is 15.9 Å². The molecule has 2 aromatic rings. The van der Waals surface area contributed by atoms with E-state index in [4.69, 9.17) is 0 Å². The van der Waals surface area contributed by atoms with Gasteiger partial charge in [-0.25, -0.2) is 13.1 Å². The molecular formula is C14H12BrNO3S2. The van der Waals surface area contributed by atoms with Gasteiger partial charge in [-0.3, -0.25) is 4.79 Å². The number of nitrogens with one attached hydrogen (secondary N) is 1. The van der Waals surface area contributed by atoms with Gasteiger partial charge in [0.1, 0.15) is 0 Å². The lowest BCUT2D eigenvalue weighted by Gasteiger charge is -2.06. The van der Waals surface area contributed by atoms with Crippen molar-refractivity contribution in [3.05, 3.63) is 61.6 Å². The van der Waals surface area contributed by atoms with E-state index in [0.29, 0.717) is 4.47 Å². The van der Waals surface area contributed by atoms with Crippen molar-refractivity contribution in [3.8, 4) is 0 Å². The lowest BCUT2D eigenvalue weighted by Crippen LogP contribution is -2.29. The Labute approximate surface area is 135 Å². The Hall–Kier alpha value is -1.44. The number of halogens is 1. The topological polar surface area (TPSA) is 63.2 Å². The summed E-state index contributed by atoms with van der Waals surface area (Å²) in [5.41, 5.74) is 2.01. The molecule has 1 aromatic heterocycles. The highest BCUT2D eigenvalue weighted by Gasteiger charge is 2.15. The minimum Gasteiger partial charge on any atom is -0.268 e. The average Bonchev–Trinajstić information content (AvgIpc) is 2.88. The molecule has 0 saturated heterocycles. The number of carbonyl (C=O) groups is 1. The molecule has 1 aromatic carbocycles. The molecule has 0 aliphatic rings. The lowest BCUT2D eigenvalue weighted by atomic mass is 10.1. The molecule has 0 saturated carbocycles. The molecule has 0 atom stereocenters. The van der Waals surface area contributed by atoms with Crippen LogP contribution in [0.4, 0.5) is 0 Å². The van der Waals surface area contributed by atoms with Crippen LogP contribution in [0.5, 0.6) is 0 Å². The van der Waals surface area contributed by atoms with Gasteiger partial charge in [-0.15, -0.1) is 0 Å². The van der Waals surface area contributed by atoms with Crippen LogP contribution < -0.4 is 4.72 Å². The van der Waals surface area contributed by atoms with Crippen LogP contribution in [-0.4, -0.2) is 14.3 Å². The molecule has 110 valence electrons. The zero-order chi connectivity index (χ0) is 15.5. The van der Waals surface area contributed by atoms with Crippen molar-refractivity contribution in [3.63, 3.8) is 0 Å². The van der Waals surface area contributed by atoms with Gasteiger partial charge in [0, 0.05) is 4.47 Å². The van der Waals surface area contributed by atoms with Crippen LogP contribution in [0.15, 0.2) is 44.9 Å². The first-order valence-corrected chi connectivity index (χ1v) is 9.19. The second-order valence-corrected chi connectivity index (χ2v) is 7.52. The van der Waals surface area contributed by atoms with Crippen molar-refractivity contribution in [1.29, 1.82) is 0 Å². The van der Waals surface area contributed by atoms with E-state index in [9.17, 15) is 13.2 Å². The molecule has 1 N–H and O–H groups in total. The van der Waals surface area contributed by atoms with E-state index in [-0.39, 0.29) is 5.56 Å². The van der Waals surface area contributed by atoms with Crippen molar-refractivity contribution in [2.75, 3.05) is 0 Å². The van der Waals surface area contributed by atoms with Crippen LogP contribution in [-0.2, 0) is 10.0 Å². The molecular weight excluding hydrogens is 374 g/mol. The third kappa shape index (κ3) is 4.52. The van der Waals surface area contributed by atoms with Crippen LogP contribution in [0.2, 0.25) is 0 Å². The van der Waals surface area contributed by atoms with Crippen LogP contribution in [0.1, 0.15) is 21.5 Å². The van der Waals surface area contributed by atoms with E-state index in [1.54, 1.807) is 24.3 Å². The number of aryl methyl sites for hydroxylation is 1. The van der Waals surface area contributed by atoms with E-state index in [1.165, 1.54) is 17.4 Å². The van der Waals surface area contributed by atoms with E-state index in [1.807, 2.05) is 22.4 Å². The number of thiophene rings is 1. The molecule has 21 heavy (non-hydrogen) atoms. The number of hydrogen-bond donors (Lipinski definition) is 1. The molecule has 0 aliphatic carbocycles. The zero-order valence-corrected chi connectivity index (χ0v) is 14.3. The fourth-order valence-corrected chi connectivity index (χ4v) is 3.64. The highest BCUT2D eigenvalue weighted by molar-refractivity contribution is 9.10. The maximum atomic E-state index is 12.0. The number of sulfonamides is 1. The van der Waals surface area contributed by atoms with Crippen molar-refractivity contribution in [2.45, 2.75) is 6.92 Å². The van der Waals surface area contributed by atoms with E-state index in [0.717, 1.165) is 16.5 Å². The third-order valence-corrected chi connectivity index (χ3v) is 4.91. The Bertz CT molecular complexity index is 781. The molecule has 1 amide bonds. The van der Waals surface area contributed by atoms with E-state index >= 15 is 0 Å². The van der Waals surface area contributed by atoms with Gasteiger partial charge in [-0.2, -0.15) is 11.3 Å². The van der Waals surface area contributed by atoms with Gasteiger partial charge < -0.3 is 0 Å². The number of carbonyl (C=O) groups excluding carboxylic acids is 1. The largest absolute Gasteiger partial charge is 0.268 e. The summed E-state index contributed by atoms with van der Waals surface area (Å²) in [6, 6.07) is 6.86. The van der Waals surface area contributed by atoms with Crippen LogP contribution >= 0.6 is 27.3 Å². The van der Waals surface area contributed by atoms with Gasteiger partial charge >= 0.3 is 0 Å². The third-order valence-electron chi connectivity index (χ3n) is 2.59. The molecule has 0 fully saturated rings. The normalized spacial score (nSPS) is 11.7. The molecule has 0 bridgehead atoms. The minimum absolute atomic E-state index is 0.271. The quantitative estimate of drug-likeness (QED) is 0.874. The Balaban J connectivity index is 2.14. The summed E-state index contributed by atoms with van der Waals surface area (Å²) in [5.74, 6) is -0.670. The summed E-state index contributed by atoms with van der Waals surface area (Å²) in [5, 5.41) is 4.63. The van der Waals surface area contributed by atoms with Crippen molar-refractivity contribution < 1.29 is 13.2 Å². The van der Waals surface area contributed by atoms with Crippen molar-refractivity contribution >= 4 is 49.3 Å². The summed E-state index contributed by atoms with van der Waals surface area (Å²) in [7, 11) is -3.83. The maximum Gasteiger partial charge on any atom is 0.266 e. The van der Waals surface area contributed by atoms with E-state index in [2.05, 4.69) is 15.9 Å². The number of rotatable bonds is 4. The fraction of sp³-hybridized carbons (Fsp3) is 0.0714. The summed E-state index contributed by atoms with van der Waals surface area (Å²) < 4.78 is 26.3. The summed E-state index contributed by atoms with van der Waals surface area (Å²) in [4.78, 5) is 12.0. The molecule has 7 heteroatoms. The monoisotopic (exact) mass is 385 g/mol. The Morgan fingerprint density at radius 2 is 2.10 bits per heavy atom. The predicted molar refractivity (Wildman–Crippen MR) is 88.6 cm³/mol. The van der Waals surface area contributed by atoms with Crippen molar-refractivity contribution in [2.24, 2.45) is 0 Å². The second-order valence-electron chi connectivity index (χ2n) is 4.32. The molecule has 4 nitrogen and oxygen atoms in total. The molecule has 0 unspecified atom stereocenters. The van der Waals surface area contributed by atoms with Gasteiger partial charge in [-0.05, 0) is 69.0 Å². The number of hydrogen-bond acceptors (Lipinski definition) is 4. The lowest BCUT2D eigenvalue weighted by molar-refractivity contribution is 0.0981. The molecule has 1 heterocycles. The first kappa shape index (κ1) is 15.9. The standard InChI is InChI=1S/C14H12BrNO3S2/c1-10-2-3-12(13(15)8-10)14(17)16-21(18,19)7-5-11-4-6-20-9-11/h2-9H,1H3,(H,16,17)/b7-5+. The summed E-state index contributed by atoms with van der Waals surface area (Å²) in [6.45, 7) is 1.88. The first-order chi connectivity index (χ1) is 9.87. The molecule has 0 aliphatic heterocycles. The minimum atomic E-state index is -3.83. The van der Waals surface area contributed by atoms with Crippen LogP contribution in [0.3, 0.4) is 0 Å². The van der Waals surface area contributed by atoms with Gasteiger partial charge in [0.25, 0.3) is 15.9 Å². The Kier molecular flexibility index (Phi) is 4.97. The van der Waals surface area contributed by atoms with Crippen LogP contribution in [0, 0.1) is 6.92 Å². The van der Waals surface area contributed by atoms with Gasteiger partial charge in [0.05, 0.1) is 11.0 Å². The summed E-state index contributed by atoms with van der Waals surface area (Å²) >= 11 is 4.72. The predicted octanol–water partition coefficient (Wildman–Crippen LogP) is 3.55. The molecule has 2 rings (SSSR count). The van der Waals surface area contributed by atoms with Gasteiger partial charge in [0.2, 0.25) is 0 Å². The first-order valence-electron chi connectivity index (χ1n) is 5.91. The molecule has 0 spiro atoms. The Morgan fingerprint density at radius 3 is 2.71 bits per heavy atom. The van der Waals surface area contributed by atoms with Gasteiger partial charge in [-0.1, -0.05) is 6.07 Å². The highest BCUT2D eigenvalue weighted by atomic mass is 79.9. The van der Waals surface area contributed by atoms with Crippen molar-refractivity contribution in [1.82, 2.24) is 4.72 Å². The van der Waals surface area contributed by atoms with Crippen LogP contribution in [0.25, 0.3) is 6.08 Å². The zero-order valence-electron chi connectivity index (χ0n) is 11.0. The Morgan fingerprint density at radius 1 is 1.33 bits per heavy atom. The second kappa shape index (κ2) is 6.55. The molecule has 0 radical (unpaired) electrons. The van der Waals surface area contributed by atoms with Gasteiger partial charge in [0.15, 0.2) is 0 Å². The number of amides is 1.